The number of aromatic nitrogens is 1. The van der Waals surface area contributed by atoms with Gasteiger partial charge >= 0.3 is 5.97 Å². The van der Waals surface area contributed by atoms with Crippen molar-refractivity contribution in [1.82, 2.24) is 4.98 Å². The molecule has 6 heteroatoms. The van der Waals surface area contributed by atoms with E-state index in [2.05, 4.69) is 21.3 Å². The first-order chi connectivity index (χ1) is 9.19. The van der Waals surface area contributed by atoms with Crippen LogP contribution in [0.15, 0.2) is 12.1 Å². The molecule has 1 rings (SSSR count). The molecule has 0 saturated carbocycles. The number of nitrogen functional groups attached to an aromatic ring is 1. The maximum absolute atomic E-state index is 11.4. The summed E-state index contributed by atoms with van der Waals surface area (Å²) in [4.78, 5) is 15.5. The highest BCUT2D eigenvalue weighted by Crippen LogP contribution is 2.16. The molecule has 0 radical (unpaired) electrons. The van der Waals surface area contributed by atoms with Gasteiger partial charge in [0.1, 0.15) is 5.82 Å². The van der Waals surface area contributed by atoms with Gasteiger partial charge in [0, 0.05) is 6.54 Å². The molecule has 1 aromatic rings. The van der Waals surface area contributed by atoms with Crippen molar-refractivity contribution in [1.29, 1.82) is 0 Å². The molecular formula is C13H21N3O2S. The fraction of sp³-hybridized carbons (Fsp3) is 0.538. The lowest BCUT2D eigenvalue weighted by atomic mass is 10.2. The number of unbranched alkanes of at least 4 members (excludes halogenated alkanes) is 2. The number of nitrogens with one attached hydrogen (secondary N) is 1. The number of carbonyl (C=O) groups is 1. The summed E-state index contributed by atoms with van der Waals surface area (Å²) in [6, 6.07) is 3.22. The topological polar surface area (TPSA) is 77.2 Å². The minimum Gasteiger partial charge on any atom is -0.464 e. The van der Waals surface area contributed by atoms with Gasteiger partial charge in [0.15, 0.2) is 5.69 Å². The van der Waals surface area contributed by atoms with Crippen molar-refractivity contribution < 1.29 is 9.53 Å². The third-order valence-electron chi connectivity index (χ3n) is 2.64. The minimum atomic E-state index is -0.456. The number of nitrogens with two attached hydrogens (primary N) is 1. The molecule has 0 fully saturated rings. The van der Waals surface area contributed by atoms with E-state index < -0.39 is 5.97 Å². The maximum Gasteiger partial charge on any atom is 0.356 e. The molecule has 0 saturated heterocycles. The molecule has 1 heterocycles. The fourth-order valence-electron chi connectivity index (χ4n) is 1.58. The quantitative estimate of drug-likeness (QED) is 0.563. The smallest absolute Gasteiger partial charge is 0.356 e. The van der Waals surface area contributed by atoms with Gasteiger partial charge in [-0.05, 0) is 37.0 Å². The van der Waals surface area contributed by atoms with Crippen LogP contribution in [0.5, 0.6) is 0 Å². The van der Waals surface area contributed by atoms with Crippen molar-refractivity contribution in [2.75, 3.05) is 36.7 Å². The number of methoxy groups -OCH3 is 1. The van der Waals surface area contributed by atoms with E-state index in [1.165, 1.54) is 25.7 Å². The molecule has 19 heavy (non-hydrogen) atoms. The molecule has 0 unspecified atom stereocenters. The lowest BCUT2D eigenvalue weighted by Crippen LogP contribution is -2.10. The highest BCUT2D eigenvalue weighted by atomic mass is 32.2. The highest BCUT2D eigenvalue weighted by molar-refractivity contribution is 7.98. The number of esters is 1. The van der Waals surface area contributed by atoms with Crippen molar-refractivity contribution in [2.45, 2.75) is 19.3 Å². The number of hydrogen-bond acceptors (Lipinski definition) is 6. The SMILES string of the molecule is COC(=O)c1ccc(N)c(NCCCCCSC)n1. The normalized spacial score (nSPS) is 10.2. The third kappa shape index (κ3) is 5.38. The molecule has 3 N–H and O–H groups in total. The predicted octanol–water partition coefficient (Wildman–Crippen LogP) is 2.40. The van der Waals surface area contributed by atoms with Gasteiger partial charge in [0.05, 0.1) is 12.8 Å². The van der Waals surface area contributed by atoms with E-state index in [-0.39, 0.29) is 5.69 Å². The first-order valence-corrected chi connectivity index (χ1v) is 7.66. The van der Waals surface area contributed by atoms with E-state index in [0.29, 0.717) is 11.5 Å². The van der Waals surface area contributed by atoms with Crippen LogP contribution >= 0.6 is 11.8 Å². The van der Waals surface area contributed by atoms with Crippen molar-refractivity contribution in [3.05, 3.63) is 17.8 Å². The Morgan fingerprint density at radius 2 is 2.21 bits per heavy atom. The lowest BCUT2D eigenvalue weighted by molar-refractivity contribution is 0.0594. The van der Waals surface area contributed by atoms with Crippen LogP contribution < -0.4 is 11.1 Å². The number of rotatable bonds is 8. The average Bonchev–Trinajstić information content (AvgIpc) is 2.43. The van der Waals surface area contributed by atoms with Crippen molar-refractivity contribution in [2.24, 2.45) is 0 Å². The number of ether oxygens (including phenoxy) is 1. The number of hydrogen-bond donors (Lipinski definition) is 2. The van der Waals surface area contributed by atoms with E-state index in [9.17, 15) is 4.79 Å². The van der Waals surface area contributed by atoms with Gasteiger partial charge < -0.3 is 15.8 Å². The fourth-order valence-corrected chi connectivity index (χ4v) is 2.08. The van der Waals surface area contributed by atoms with E-state index in [4.69, 9.17) is 5.73 Å². The summed E-state index contributed by atoms with van der Waals surface area (Å²) in [5.74, 6) is 1.29. The van der Waals surface area contributed by atoms with Crippen LogP contribution in [0, 0.1) is 0 Å². The van der Waals surface area contributed by atoms with E-state index >= 15 is 0 Å². The number of thioether (sulfide) groups is 1. The summed E-state index contributed by atoms with van der Waals surface area (Å²) in [5.41, 5.74) is 6.62. The van der Waals surface area contributed by atoms with Crippen LogP contribution in [0.25, 0.3) is 0 Å². The van der Waals surface area contributed by atoms with Crippen molar-refractivity contribution >= 4 is 29.2 Å². The molecule has 0 aliphatic carbocycles. The Morgan fingerprint density at radius 3 is 2.89 bits per heavy atom. The largest absolute Gasteiger partial charge is 0.464 e. The van der Waals surface area contributed by atoms with Crippen LogP contribution in [-0.2, 0) is 4.74 Å². The van der Waals surface area contributed by atoms with Crippen LogP contribution in [-0.4, -0.2) is 36.6 Å². The van der Waals surface area contributed by atoms with E-state index in [1.807, 2.05) is 11.8 Å². The molecule has 5 nitrogen and oxygen atoms in total. The summed E-state index contributed by atoms with van der Waals surface area (Å²) in [6.07, 6.45) is 5.56. The van der Waals surface area contributed by atoms with Gasteiger partial charge in [-0.1, -0.05) is 6.42 Å². The van der Waals surface area contributed by atoms with Gasteiger partial charge in [0.25, 0.3) is 0 Å². The molecule has 106 valence electrons. The molecular weight excluding hydrogens is 262 g/mol. The maximum atomic E-state index is 11.4. The molecule has 0 aromatic carbocycles. The zero-order chi connectivity index (χ0) is 14.1. The summed E-state index contributed by atoms with van der Waals surface area (Å²) < 4.78 is 4.63. The Balaban J connectivity index is 2.46. The Morgan fingerprint density at radius 1 is 1.42 bits per heavy atom. The number of nitrogens with zero attached hydrogens (tertiary/aromatic N) is 1. The summed E-state index contributed by atoms with van der Waals surface area (Å²) in [5, 5.41) is 3.16. The summed E-state index contributed by atoms with van der Waals surface area (Å²) in [6.45, 7) is 0.802. The summed E-state index contributed by atoms with van der Waals surface area (Å²) >= 11 is 1.86. The Labute approximate surface area is 118 Å². The Kier molecular flexibility index (Phi) is 7.10. The first kappa shape index (κ1) is 15.6. The molecule has 0 spiro atoms. The average molecular weight is 283 g/mol. The second kappa shape index (κ2) is 8.63. The molecule has 0 atom stereocenters. The number of carbonyl (C=O) groups excluding carboxylic acids is 1. The van der Waals surface area contributed by atoms with Gasteiger partial charge in [-0.15, -0.1) is 0 Å². The van der Waals surface area contributed by atoms with Crippen LogP contribution in [0.4, 0.5) is 11.5 Å². The lowest BCUT2D eigenvalue weighted by Gasteiger charge is -2.09. The minimum absolute atomic E-state index is 0.265. The monoisotopic (exact) mass is 283 g/mol. The van der Waals surface area contributed by atoms with Crippen LogP contribution in [0.3, 0.4) is 0 Å². The van der Waals surface area contributed by atoms with Crippen molar-refractivity contribution in [3.63, 3.8) is 0 Å². The van der Waals surface area contributed by atoms with E-state index in [1.54, 1.807) is 12.1 Å². The third-order valence-corrected chi connectivity index (χ3v) is 3.34. The molecule has 0 bridgehead atoms. The zero-order valence-electron chi connectivity index (χ0n) is 11.4. The van der Waals surface area contributed by atoms with Crippen LogP contribution in [0.1, 0.15) is 29.8 Å². The zero-order valence-corrected chi connectivity index (χ0v) is 12.3. The second-order valence-corrected chi connectivity index (χ2v) is 5.09. The standard InChI is InChI=1S/C13H21N3O2S/c1-18-13(17)11-7-6-10(14)12(16-11)15-8-4-3-5-9-19-2/h6-7H,3-5,8-9,14H2,1-2H3,(H,15,16). The van der Waals surface area contributed by atoms with Gasteiger partial charge in [0.2, 0.25) is 0 Å². The predicted molar refractivity (Wildman–Crippen MR) is 80.7 cm³/mol. The molecule has 0 amide bonds. The first-order valence-electron chi connectivity index (χ1n) is 6.26. The summed E-state index contributed by atoms with van der Waals surface area (Å²) in [7, 11) is 1.33. The Bertz CT molecular complexity index is 413. The highest BCUT2D eigenvalue weighted by Gasteiger charge is 2.09. The van der Waals surface area contributed by atoms with E-state index in [0.717, 1.165) is 13.0 Å². The number of anilines is 2. The molecule has 0 aliphatic heterocycles. The van der Waals surface area contributed by atoms with Gasteiger partial charge in [-0.25, -0.2) is 9.78 Å². The molecule has 0 aliphatic rings. The number of pyridine rings is 1. The molecule has 1 aromatic heterocycles. The van der Waals surface area contributed by atoms with Gasteiger partial charge in [-0.3, -0.25) is 0 Å². The van der Waals surface area contributed by atoms with Gasteiger partial charge in [-0.2, -0.15) is 11.8 Å². The van der Waals surface area contributed by atoms with Crippen molar-refractivity contribution in [3.8, 4) is 0 Å². The Hall–Kier alpha value is -1.43. The second-order valence-electron chi connectivity index (χ2n) is 4.11. The van der Waals surface area contributed by atoms with Crippen LogP contribution in [0.2, 0.25) is 0 Å².